The van der Waals surface area contributed by atoms with E-state index >= 15 is 0 Å². The molecular weight excluding hydrogens is 863 g/mol. The van der Waals surface area contributed by atoms with E-state index in [0.29, 0.717) is 42.9 Å². The predicted molar refractivity (Wildman–Crippen MR) is 304 cm³/mol. The Morgan fingerprint density at radius 2 is 1.21 bits per heavy atom. The molecule has 0 unspecified atom stereocenters. The Morgan fingerprint density at radius 1 is 0.691 bits per heavy atom. The lowest BCUT2D eigenvalue weighted by molar-refractivity contribution is 0.216. The summed E-state index contributed by atoms with van der Waals surface area (Å²) in [5.74, 6) is 4.29. The molecule has 12 nitrogen and oxygen atoms in total. The normalized spacial score (nSPS) is 11.0. The Bertz CT molecular complexity index is 1510. The number of nitrogens with one attached hydrogen (secondary N) is 1. The van der Waals surface area contributed by atoms with Crippen molar-refractivity contribution in [3.05, 3.63) is 85.1 Å². The van der Waals surface area contributed by atoms with Gasteiger partial charge < -0.3 is 35.3 Å². The highest BCUT2D eigenvalue weighted by atomic mass is 32.2. The van der Waals surface area contributed by atoms with E-state index in [-0.39, 0.29) is 6.10 Å². The number of aliphatic hydroxyl groups excluding tert-OH is 1. The monoisotopic (exact) mass is 974 g/mol. The molecule has 13 heteroatoms. The van der Waals surface area contributed by atoms with Gasteiger partial charge in [-0.1, -0.05) is 124 Å². The summed E-state index contributed by atoms with van der Waals surface area (Å²) in [5.41, 5.74) is 15.7. The first-order chi connectivity index (χ1) is 31.7. The van der Waals surface area contributed by atoms with Crippen LogP contribution in [0.3, 0.4) is 0 Å². The van der Waals surface area contributed by atoms with E-state index < -0.39 is 0 Å². The standard InChI is InChI=1S/2C8H15N3.C7H11N.2C6H10N2.C6H14.C4H10S.C4H10.C3H8O.C3H8/c1-7(2)8-5-11(4-3-9)6-10-8;1-7(2)11-5-8(3-4-9)10-6-11;1-6(2)7-3-4-8-5-7;1-5(2)6-3-7-4-8-6;1-6(2)8-4-3-7-5-8;1-5(2)6(3)4;1-4(2)5-3;1-4(2)3;1-3(2)4;1-3-2/h2*5-7H,3-4,9H2,1-2H3;4-6H,3H2,1-2H3;3-5H,1-2H3,(H,7,8);3-6H,1-2H3;5-6H,1-4H3;4H,1-3H3;4H,1-3H3;3-4H,1-2H3;3H2,1-2H3. The molecule has 0 atom stereocenters. The molecule has 6 N–H and O–H groups in total. The molecule has 68 heavy (non-hydrogen) atoms. The highest BCUT2D eigenvalue weighted by molar-refractivity contribution is 7.99. The first-order valence-electron chi connectivity index (χ1n) is 25.5. The maximum absolute atomic E-state index is 8.06. The zero-order chi connectivity index (χ0) is 53.8. The number of hydrogen-bond donors (Lipinski definition) is 4. The van der Waals surface area contributed by atoms with Gasteiger partial charge in [-0.15, -0.1) is 0 Å². The maximum atomic E-state index is 8.06. The van der Waals surface area contributed by atoms with Gasteiger partial charge in [-0.2, -0.15) is 11.8 Å². The van der Waals surface area contributed by atoms with Crippen LogP contribution in [0.5, 0.6) is 0 Å². The topological polar surface area (TPSA) is 167 Å². The van der Waals surface area contributed by atoms with Gasteiger partial charge >= 0.3 is 0 Å². The molecular formula is C55H111N11OS. The van der Waals surface area contributed by atoms with Crippen molar-refractivity contribution in [2.45, 2.75) is 220 Å². The van der Waals surface area contributed by atoms with Gasteiger partial charge in [0.15, 0.2) is 0 Å². The number of aromatic nitrogens is 8. The summed E-state index contributed by atoms with van der Waals surface area (Å²) in [6.45, 7) is 51.2. The Labute approximate surface area is 424 Å². The first-order valence-corrected chi connectivity index (χ1v) is 26.8. The van der Waals surface area contributed by atoms with E-state index in [1.807, 2.05) is 60.1 Å². The van der Waals surface area contributed by atoms with Crippen LogP contribution in [0.25, 0.3) is 0 Å². The lowest BCUT2D eigenvalue weighted by Crippen LogP contribution is -2.07. The Hall–Kier alpha value is -3.52. The van der Waals surface area contributed by atoms with E-state index in [1.54, 1.807) is 26.4 Å². The minimum absolute atomic E-state index is 0.167. The number of H-pyrrole nitrogens is 1. The summed E-state index contributed by atoms with van der Waals surface area (Å²) >= 11 is 1.88. The van der Waals surface area contributed by atoms with Crippen LogP contribution in [0, 0.1) is 23.7 Å². The van der Waals surface area contributed by atoms with Crippen LogP contribution in [0.4, 0.5) is 0 Å². The molecule has 0 amide bonds. The average Bonchev–Trinajstić information content (AvgIpc) is 4.10. The Balaban J connectivity index is -0.000000221. The van der Waals surface area contributed by atoms with Crippen molar-refractivity contribution in [2.75, 3.05) is 19.3 Å². The molecule has 5 heterocycles. The molecule has 4 aromatic rings. The van der Waals surface area contributed by atoms with Gasteiger partial charge in [0.2, 0.25) is 0 Å². The molecule has 0 saturated carbocycles. The lowest BCUT2D eigenvalue weighted by atomic mass is 10.0. The van der Waals surface area contributed by atoms with Crippen LogP contribution in [-0.2, 0) is 13.0 Å². The molecule has 0 spiro atoms. The third-order valence-corrected chi connectivity index (χ3v) is 9.71. The molecule has 1 aliphatic heterocycles. The quantitative estimate of drug-likeness (QED) is 0.115. The maximum Gasteiger partial charge on any atom is 0.0951 e. The number of nitrogens with two attached hydrogens (primary N) is 2. The summed E-state index contributed by atoms with van der Waals surface area (Å²) in [4.78, 5) is 23.3. The fourth-order valence-electron chi connectivity index (χ4n) is 3.79. The number of rotatable bonds is 11. The minimum atomic E-state index is -0.167. The molecule has 398 valence electrons. The van der Waals surface area contributed by atoms with E-state index in [1.165, 1.54) is 17.7 Å². The van der Waals surface area contributed by atoms with E-state index in [4.69, 9.17) is 16.6 Å². The molecule has 0 aromatic carbocycles. The second kappa shape index (κ2) is 48.5. The number of aliphatic hydroxyl groups is 1. The van der Waals surface area contributed by atoms with Crippen molar-refractivity contribution >= 4 is 18.0 Å². The molecule has 1 aliphatic rings. The highest BCUT2D eigenvalue weighted by Crippen LogP contribution is 2.16. The van der Waals surface area contributed by atoms with Crippen molar-refractivity contribution in [3.63, 3.8) is 0 Å². The summed E-state index contributed by atoms with van der Waals surface area (Å²) < 4.78 is 6.17. The van der Waals surface area contributed by atoms with Gasteiger partial charge in [-0.05, 0) is 101 Å². The Kier molecular flexibility index (Phi) is 52.4. The van der Waals surface area contributed by atoms with Crippen LogP contribution in [-0.4, -0.2) is 80.6 Å². The van der Waals surface area contributed by atoms with Crippen molar-refractivity contribution in [3.8, 4) is 0 Å². The highest BCUT2D eigenvalue weighted by Gasteiger charge is 2.04. The summed E-state index contributed by atoms with van der Waals surface area (Å²) in [5, 5.41) is 8.86. The summed E-state index contributed by atoms with van der Waals surface area (Å²) in [6, 6.07) is 1.03. The Morgan fingerprint density at radius 3 is 1.44 bits per heavy atom. The molecule has 0 radical (unpaired) electrons. The van der Waals surface area contributed by atoms with Gasteiger partial charge in [0.25, 0.3) is 0 Å². The summed E-state index contributed by atoms with van der Waals surface area (Å²) in [6.07, 6.45) is 26.0. The molecule has 0 saturated heterocycles. The van der Waals surface area contributed by atoms with E-state index in [2.05, 4.69) is 203 Å². The molecule has 4 aromatic heterocycles. The third-order valence-electron chi connectivity index (χ3n) is 8.77. The second-order valence-electron chi connectivity index (χ2n) is 19.9. The fraction of sp³-hybridized carbons (Fsp3) is 0.727. The minimum Gasteiger partial charge on any atom is -0.394 e. The van der Waals surface area contributed by atoms with Gasteiger partial charge in [0.1, 0.15) is 0 Å². The van der Waals surface area contributed by atoms with Crippen LogP contribution >= 0.6 is 11.8 Å². The lowest BCUT2D eigenvalue weighted by Gasteiger charge is -2.05. The smallest absolute Gasteiger partial charge is 0.0951 e. The number of imidazole rings is 4. The third kappa shape index (κ3) is 51.9. The molecule has 0 bridgehead atoms. The van der Waals surface area contributed by atoms with Crippen LogP contribution in [0.1, 0.15) is 213 Å². The zero-order valence-electron chi connectivity index (χ0n) is 48.5. The van der Waals surface area contributed by atoms with Crippen LogP contribution in [0.15, 0.2) is 73.1 Å². The predicted octanol–water partition coefficient (Wildman–Crippen LogP) is 14.5. The fourth-order valence-corrected chi connectivity index (χ4v) is 3.79. The van der Waals surface area contributed by atoms with Crippen LogP contribution < -0.4 is 11.5 Å². The van der Waals surface area contributed by atoms with Crippen LogP contribution in [0.2, 0.25) is 0 Å². The van der Waals surface area contributed by atoms with E-state index in [9.17, 15) is 0 Å². The van der Waals surface area contributed by atoms with Gasteiger partial charge in [0, 0.05) is 93.2 Å². The molecule has 0 aliphatic carbocycles. The first kappa shape index (κ1) is 73.4. The van der Waals surface area contributed by atoms with Crippen molar-refractivity contribution < 1.29 is 5.11 Å². The second-order valence-corrected chi connectivity index (χ2v) is 21.3. The van der Waals surface area contributed by atoms with Gasteiger partial charge in [-0.3, -0.25) is 4.99 Å². The molecule has 0 fully saturated rings. The largest absolute Gasteiger partial charge is 0.394 e. The zero-order valence-corrected chi connectivity index (χ0v) is 49.3. The van der Waals surface area contributed by atoms with E-state index in [0.717, 1.165) is 53.8 Å². The SMILES string of the molecule is CC(C)C.CC(C)C(C)C.CC(C)C1=CN=CC1.CC(C)O.CC(C)c1cn(CCN)cn1.CC(C)c1cnc[nH]1.CC(C)n1ccnc1.CC(C)n1cnc(CCN)c1.CCC.CSC(C)C. The number of aliphatic imine (C=N–C) groups is 1. The van der Waals surface area contributed by atoms with Crippen molar-refractivity contribution in [1.29, 1.82) is 0 Å². The summed E-state index contributed by atoms with van der Waals surface area (Å²) in [7, 11) is 0. The number of nitrogens with zero attached hydrogens (tertiary/aromatic N) is 8. The number of hydrogen-bond acceptors (Lipinski definition) is 9. The van der Waals surface area contributed by atoms with Crippen molar-refractivity contribution in [1.82, 2.24) is 38.6 Å². The number of allylic oxidation sites excluding steroid dienone is 1. The average molecular weight is 975 g/mol. The van der Waals surface area contributed by atoms with Gasteiger partial charge in [-0.25, -0.2) is 19.9 Å². The van der Waals surface area contributed by atoms with Crippen molar-refractivity contribution in [2.24, 2.45) is 40.1 Å². The van der Waals surface area contributed by atoms with Gasteiger partial charge in [0.05, 0.1) is 36.7 Å². The number of aromatic amines is 1. The number of thioether (sulfide) groups is 1. The molecule has 5 rings (SSSR count).